The SMILES string of the molecule is CCc1cc(OC)c(CC2(N)CC2)cc1SC. The van der Waals surface area contributed by atoms with Gasteiger partial charge in [-0.25, -0.2) is 0 Å². The Labute approximate surface area is 108 Å². The molecule has 94 valence electrons. The minimum Gasteiger partial charge on any atom is -0.496 e. The fourth-order valence-corrected chi connectivity index (χ4v) is 2.88. The first kappa shape index (κ1) is 12.8. The molecule has 1 aromatic rings. The predicted octanol–water partition coefficient (Wildman–Crippen LogP) is 3.01. The Kier molecular flexibility index (Phi) is 3.69. The summed E-state index contributed by atoms with van der Waals surface area (Å²) in [7, 11) is 1.74. The lowest BCUT2D eigenvalue weighted by molar-refractivity contribution is 0.406. The van der Waals surface area contributed by atoms with E-state index >= 15 is 0 Å². The van der Waals surface area contributed by atoms with Crippen molar-refractivity contribution in [1.82, 2.24) is 0 Å². The van der Waals surface area contributed by atoms with Gasteiger partial charge in [0.25, 0.3) is 0 Å². The van der Waals surface area contributed by atoms with Crippen LogP contribution in [0, 0.1) is 0 Å². The predicted molar refractivity (Wildman–Crippen MR) is 74.0 cm³/mol. The Morgan fingerprint density at radius 1 is 1.35 bits per heavy atom. The summed E-state index contributed by atoms with van der Waals surface area (Å²) in [6.45, 7) is 2.18. The lowest BCUT2D eigenvalue weighted by Crippen LogP contribution is -2.24. The van der Waals surface area contributed by atoms with Crippen molar-refractivity contribution in [2.75, 3.05) is 13.4 Å². The van der Waals surface area contributed by atoms with Crippen molar-refractivity contribution in [1.29, 1.82) is 0 Å². The summed E-state index contributed by atoms with van der Waals surface area (Å²) in [4.78, 5) is 1.35. The van der Waals surface area contributed by atoms with E-state index in [1.165, 1.54) is 16.0 Å². The molecule has 0 unspecified atom stereocenters. The van der Waals surface area contributed by atoms with Crippen LogP contribution in [-0.2, 0) is 12.8 Å². The number of aryl methyl sites for hydroxylation is 1. The smallest absolute Gasteiger partial charge is 0.122 e. The Balaban J connectivity index is 2.35. The van der Waals surface area contributed by atoms with Crippen molar-refractivity contribution >= 4 is 11.8 Å². The van der Waals surface area contributed by atoms with Crippen LogP contribution in [0.3, 0.4) is 0 Å². The molecule has 3 heteroatoms. The highest BCUT2D eigenvalue weighted by atomic mass is 32.2. The van der Waals surface area contributed by atoms with Gasteiger partial charge >= 0.3 is 0 Å². The number of hydrogen-bond acceptors (Lipinski definition) is 3. The molecule has 0 aromatic heterocycles. The maximum atomic E-state index is 6.20. The number of hydrogen-bond donors (Lipinski definition) is 1. The lowest BCUT2D eigenvalue weighted by atomic mass is 10.0. The Bertz CT molecular complexity index is 413. The molecule has 1 aliphatic carbocycles. The van der Waals surface area contributed by atoms with Gasteiger partial charge in [0, 0.05) is 10.4 Å². The normalized spacial score (nSPS) is 16.9. The van der Waals surface area contributed by atoms with Gasteiger partial charge in [0.05, 0.1) is 7.11 Å². The minimum atomic E-state index is 0.0384. The monoisotopic (exact) mass is 251 g/mol. The second-order valence-electron chi connectivity index (χ2n) is 4.87. The summed E-state index contributed by atoms with van der Waals surface area (Å²) >= 11 is 1.80. The van der Waals surface area contributed by atoms with Crippen molar-refractivity contribution < 1.29 is 4.74 Å². The summed E-state index contributed by atoms with van der Waals surface area (Å²) < 4.78 is 5.50. The number of rotatable bonds is 5. The van der Waals surface area contributed by atoms with Crippen LogP contribution < -0.4 is 10.5 Å². The van der Waals surface area contributed by atoms with Gasteiger partial charge in [-0.1, -0.05) is 6.92 Å². The van der Waals surface area contributed by atoms with Crippen molar-refractivity contribution in [3.63, 3.8) is 0 Å². The molecule has 2 nitrogen and oxygen atoms in total. The van der Waals surface area contributed by atoms with E-state index in [9.17, 15) is 0 Å². The molecule has 0 heterocycles. The topological polar surface area (TPSA) is 35.2 Å². The van der Waals surface area contributed by atoms with E-state index in [1.54, 1.807) is 18.9 Å². The quantitative estimate of drug-likeness (QED) is 0.817. The zero-order valence-corrected chi connectivity index (χ0v) is 11.7. The largest absolute Gasteiger partial charge is 0.496 e. The highest BCUT2D eigenvalue weighted by Gasteiger charge is 2.38. The van der Waals surface area contributed by atoms with E-state index in [0.29, 0.717) is 0 Å². The third-order valence-electron chi connectivity index (χ3n) is 3.50. The van der Waals surface area contributed by atoms with Gasteiger partial charge in [0.1, 0.15) is 5.75 Å². The molecule has 0 aliphatic heterocycles. The van der Waals surface area contributed by atoms with Crippen molar-refractivity contribution in [3.05, 3.63) is 23.3 Å². The molecule has 0 saturated heterocycles. The Morgan fingerprint density at radius 3 is 2.53 bits per heavy atom. The number of nitrogens with two attached hydrogens (primary N) is 1. The summed E-state index contributed by atoms with van der Waals surface area (Å²) in [6, 6.07) is 4.43. The first-order valence-corrected chi connectivity index (χ1v) is 7.37. The van der Waals surface area contributed by atoms with Gasteiger partial charge in [-0.3, -0.25) is 0 Å². The summed E-state index contributed by atoms with van der Waals surface area (Å²) in [5.41, 5.74) is 8.86. The lowest BCUT2D eigenvalue weighted by Gasteiger charge is -2.16. The van der Waals surface area contributed by atoms with E-state index in [2.05, 4.69) is 25.3 Å². The molecule has 0 atom stereocenters. The number of thioether (sulfide) groups is 1. The molecule has 0 radical (unpaired) electrons. The molecule has 17 heavy (non-hydrogen) atoms. The molecule has 2 N–H and O–H groups in total. The molecular weight excluding hydrogens is 230 g/mol. The van der Waals surface area contributed by atoms with Crippen LogP contribution in [0.25, 0.3) is 0 Å². The summed E-state index contributed by atoms with van der Waals surface area (Å²) in [6.07, 6.45) is 6.38. The van der Waals surface area contributed by atoms with Gasteiger partial charge in [0.2, 0.25) is 0 Å². The van der Waals surface area contributed by atoms with Gasteiger partial charge in [-0.15, -0.1) is 11.8 Å². The molecule has 0 bridgehead atoms. The van der Waals surface area contributed by atoms with Crippen molar-refractivity contribution in [2.24, 2.45) is 5.73 Å². The van der Waals surface area contributed by atoms with E-state index in [-0.39, 0.29) is 5.54 Å². The van der Waals surface area contributed by atoms with Crippen LogP contribution in [0.2, 0.25) is 0 Å². The highest BCUT2D eigenvalue weighted by molar-refractivity contribution is 7.98. The molecule has 1 saturated carbocycles. The van der Waals surface area contributed by atoms with Gasteiger partial charge < -0.3 is 10.5 Å². The second-order valence-corrected chi connectivity index (χ2v) is 5.72. The molecule has 1 fully saturated rings. The van der Waals surface area contributed by atoms with Gasteiger partial charge in [-0.2, -0.15) is 0 Å². The first-order chi connectivity index (χ1) is 8.11. The van der Waals surface area contributed by atoms with E-state index in [1.807, 2.05) is 0 Å². The van der Waals surface area contributed by atoms with Crippen molar-refractivity contribution in [3.8, 4) is 5.75 Å². The molecule has 1 aliphatic rings. The maximum Gasteiger partial charge on any atom is 0.122 e. The van der Waals surface area contributed by atoms with Crippen LogP contribution in [0.4, 0.5) is 0 Å². The van der Waals surface area contributed by atoms with Gasteiger partial charge in [0.15, 0.2) is 0 Å². The Hall–Kier alpha value is -0.670. The number of benzene rings is 1. The van der Waals surface area contributed by atoms with E-state index in [4.69, 9.17) is 10.5 Å². The fraction of sp³-hybridized carbons (Fsp3) is 0.571. The van der Waals surface area contributed by atoms with Gasteiger partial charge in [-0.05, 0) is 55.2 Å². The molecular formula is C14H21NOS. The number of methoxy groups -OCH3 is 1. The first-order valence-electron chi connectivity index (χ1n) is 6.14. The summed E-state index contributed by atoms with van der Waals surface area (Å²) in [5, 5.41) is 0. The van der Waals surface area contributed by atoms with Crippen LogP contribution in [0.15, 0.2) is 17.0 Å². The second kappa shape index (κ2) is 4.91. The van der Waals surface area contributed by atoms with E-state index in [0.717, 1.165) is 31.4 Å². The highest BCUT2D eigenvalue weighted by Crippen LogP contribution is 2.39. The van der Waals surface area contributed by atoms with Crippen LogP contribution >= 0.6 is 11.8 Å². The zero-order chi connectivity index (χ0) is 12.5. The average Bonchev–Trinajstić information content (AvgIpc) is 3.06. The standard InChI is InChI=1S/C14H21NOS/c1-4-10-7-12(16-2)11(8-13(10)17-3)9-14(15)5-6-14/h7-8H,4-6,9,15H2,1-3H3. The fourth-order valence-electron chi connectivity index (χ4n) is 2.16. The number of ether oxygens (including phenoxy) is 1. The third-order valence-corrected chi connectivity index (χ3v) is 4.32. The van der Waals surface area contributed by atoms with Crippen LogP contribution in [0.1, 0.15) is 30.9 Å². The van der Waals surface area contributed by atoms with Crippen LogP contribution in [0.5, 0.6) is 5.75 Å². The average molecular weight is 251 g/mol. The van der Waals surface area contributed by atoms with Crippen LogP contribution in [-0.4, -0.2) is 18.9 Å². The third kappa shape index (κ3) is 2.78. The molecule has 0 amide bonds. The Morgan fingerprint density at radius 2 is 2.06 bits per heavy atom. The molecule has 2 rings (SSSR count). The van der Waals surface area contributed by atoms with Crippen molar-refractivity contribution in [2.45, 2.75) is 43.0 Å². The molecule has 1 aromatic carbocycles. The maximum absolute atomic E-state index is 6.20. The summed E-state index contributed by atoms with van der Waals surface area (Å²) in [5.74, 6) is 0.997. The van der Waals surface area contributed by atoms with E-state index < -0.39 is 0 Å². The molecule has 0 spiro atoms. The minimum absolute atomic E-state index is 0.0384. The zero-order valence-electron chi connectivity index (χ0n) is 10.9.